The number of esters is 1. The fourth-order valence-corrected chi connectivity index (χ4v) is 3.78. The average molecular weight is 406 g/mol. The number of nitriles is 1. The molecule has 3 aromatic rings. The molecule has 0 bridgehead atoms. The van der Waals surface area contributed by atoms with Gasteiger partial charge in [0.05, 0.1) is 11.1 Å². The molecule has 0 radical (unpaired) electrons. The molecule has 0 saturated heterocycles. The van der Waals surface area contributed by atoms with Crippen LogP contribution in [0.5, 0.6) is 0 Å². The molecule has 0 atom stereocenters. The highest BCUT2D eigenvalue weighted by Crippen LogP contribution is 2.40. The first-order valence-corrected chi connectivity index (χ1v) is 10.4. The van der Waals surface area contributed by atoms with E-state index in [1.165, 1.54) is 17.8 Å². The summed E-state index contributed by atoms with van der Waals surface area (Å²) in [6, 6.07) is 10.6. The summed E-state index contributed by atoms with van der Waals surface area (Å²) < 4.78 is 10.7. The van der Waals surface area contributed by atoms with Crippen LogP contribution in [0.4, 0.5) is 0 Å². The van der Waals surface area contributed by atoms with Gasteiger partial charge in [0.2, 0.25) is 0 Å². The van der Waals surface area contributed by atoms with E-state index in [9.17, 15) is 14.9 Å². The van der Waals surface area contributed by atoms with Crippen LogP contribution in [-0.4, -0.2) is 17.2 Å². The number of pyridine rings is 1. The van der Waals surface area contributed by atoms with Crippen LogP contribution >= 0.6 is 11.8 Å². The molecule has 1 saturated carbocycles. The van der Waals surface area contributed by atoms with Crippen molar-refractivity contribution in [1.82, 2.24) is 4.98 Å². The molecule has 6 nitrogen and oxygen atoms in total. The first-order valence-electron chi connectivity index (χ1n) is 9.19. The predicted molar refractivity (Wildman–Crippen MR) is 109 cm³/mol. The third-order valence-electron chi connectivity index (χ3n) is 4.87. The molecule has 1 fully saturated rings. The summed E-state index contributed by atoms with van der Waals surface area (Å²) >= 11 is 1.34. The Hall–Kier alpha value is -3.11. The number of carbonyl (C=O) groups is 1. The molecule has 0 amide bonds. The molecule has 1 aliphatic carbocycles. The third kappa shape index (κ3) is 3.89. The Bertz CT molecular complexity index is 1220. The predicted octanol–water partition coefficient (Wildman–Crippen LogP) is 4.32. The zero-order valence-corrected chi connectivity index (χ0v) is 16.8. The second-order valence-corrected chi connectivity index (χ2v) is 7.83. The van der Waals surface area contributed by atoms with Gasteiger partial charge < -0.3 is 9.15 Å². The van der Waals surface area contributed by atoms with Gasteiger partial charge in [0.15, 0.2) is 0 Å². The van der Waals surface area contributed by atoms with Crippen molar-refractivity contribution in [1.29, 1.82) is 5.26 Å². The van der Waals surface area contributed by atoms with E-state index in [1.807, 2.05) is 25.3 Å². The molecular formula is C22H18N2O4S. The summed E-state index contributed by atoms with van der Waals surface area (Å²) in [5.41, 5.74) is 2.73. The van der Waals surface area contributed by atoms with E-state index in [0.717, 1.165) is 24.1 Å². The Balaban J connectivity index is 1.66. The monoisotopic (exact) mass is 406 g/mol. The minimum Gasteiger partial charge on any atom is -0.457 e. The van der Waals surface area contributed by atoms with Crippen molar-refractivity contribution in [2.24, 2.45) is 0 Å². The second kappa shape index (κ2) is 7.72. The SMILES string of the molecule is CSc1nc(C2CC2)cc(C(=O)OCc2cc(=O)oc3cc(C)ccc23)c1C#N. The third-order valence-corrected chi connectivity index (χ3v) is 5.55. The van der Waals surface area contributed by atoms with Crippen LogP contribution < -0.4 is 5.63 Å². The highest BCUT2D eigenvalue weighted by Gasteiger charge is 2.29. The van der Waals surface area contributed by atoms with E-state index in [1.54, 1.807) is 12.1 Å². The fourth-order valence-electron chi connectivity index (χ4n) is 3.22. The van der Waals surface area contributed by atoms with Gasteiger partial charge in [0, 0.05) is 28.6 Å². The first-order chi connectivity index (χ1) is 14.0. The van der Waals surface area contributed by atoms with E-state index in [4.69, 9.17) is 9.15 Å². The van der Waals surface area contributed by atoms with Gasteiger partial charge in [-0.3, -0.25) is 0 Å². The van der Waals surface area contributed by atoms with E-state index >= 15 is 0 Å². The van der Waals surface area contributed by atoms with Crippen molar-refractivity contribution in [2.75, 3.05) is 6.26 Å². The number of aryl methyl sites for hydroxylation is 1. The minimum absolute atomic E-state index is 0.0927. The molecule has 2 heterocycles. The van der Waals surface area contributed by atoms with E-state index in [0.29, 0.717) is 27.5 Å². The van der Waals surface area contributed by atoms with Crippen LogP contribution in [0.2, 0.25) is 0 Å². The summed E-state index contributed by atoms with van der Waals surface area (Å²) in [5.74, 6) is -0.263. The summed E-state index contributed by atoms with van der Waals surface area (Å²) in [4.78, 5) is 29.2. The van der Waals surface area contributed by atoms with Crippen molar-refractivity contribution >= 4 is 28.7 Å². The van der Waals surface area contributed by atoms with Gasteiger partial charge in [-0.15, -0.1) is 11.8 Å². The molecule has 0 aliphatic heterocycles. The fraction of sp³-hybridized carbons (Fsp3) is 0.273. The average Bonchev–Trinajstić information content (AvgIpc) is 3.55. The smallest absolute Gasteiger partial charge is 0.339 e. The molecule has 1 aliphatic rings. The second-order valence-electron chi connectivity index (χ2n) is 7.03. The molecule has 2 aromatic heterocycles. The van der Waals surface area contributed by atoms with Crippen LogP contribution in [0.3, 0.4) is 0 Å². The molecule has 4 rings (SSSR count). The lowest BCUT2D eigenvalue weighted by atomic mass is 10.1. The van der Waals surface area contributed by atoms with Crippen LogP contribution in [0.25, 0.3) is 11.0 Å². The number of ether oxygens (including phenoxy) is 1. The number of benzene rings is 1. The molecule has 0 unspecified atom stereocenters. The van der Waals surface area contributed by atoms with Crippen LogP contribution in [0.1, 0.15) is 51.5 Å². The van der Waals surface area contributed by atoms with E-state index in [2.05, 4.69) is 11.1 Å². The van der Waals surface area contributed by atoms with Crippen LogP contribution in [0.15, 0.2) is 44.6 Å². The van der Waals surface area contributed by atoms with Gasteiger partial charge in [-0.2, -0.15) is 5.26 Å². The van der Waals surface area contributed by atoms with E-state index < -0.39 is 11.6 Å². The van der Waals surface area contributed by atoms with Crippen molar-refractivity contribution in [2.45, 2.75) is 37.3 Å². The maximum absolute atomic E-state index is 12.8. The zero-order valence-electron chi connectivity index (χ0n) is 16.0. The van der Waals surface area contributed by atoms with Gasteiger partial charge >= 0.3 is 11.6 Å². The maximum Gasteiger partial charge on any atom is 0.339 e. The summed E-state index contributed by atoms with van der Waals surface area (Å²) in [6.07, 6.45) is 3.89. The Morgan fingerprint density at radius 1 is 1.34 bits per heavy atom. The van der Waals surface area contributed by atoms with Gasteiger partial charge in [-0.05, 0) is 43.7 Å². The summed E-state index contributed by atoms with van der Waals surface area (Å²) in [7, 11) is 0. The van der Waals surface area contributed by atoms with E-state index in [-0.39, 0.29) is 17.7 Å². The number of aromatic nitrogens is 1. The van der Waals surface area contributed by atoms with Crippen LogP contribution in [-0.2, 0) is 11.3 Å². The molecular weight excluding hydrogens is 388 g/mol. The Labute approximate surface area is 171 Å². The number of hydrogen-bond donors (Lipinski definition) is 0. The molecule has 29 heavy (non-hydrogen) atoms. The number of fused-ring (bicyclic) bond motifs is 1. The normalized spacial score (nSPS) is 13.3. The lowest BCUT2D eigenvalue weighted by Crippen LogP contribution is -2.11. The Morgan fingerprint density at radius 2 is 2.14 bits per heavy atom. The number of nitrogens with zero attached hydrogens (tertiary/aromatic N) is 2. The van der Waals surface area contributed by atoms with Gasteiger partial charge in [0.25, 0.3) is 0 Å². The molecule has 0 N–H and O–H groups in total. The van der Waals surface area contributed by atoms with Crippen molar-refractivity contribution in [3.8, 4) is 6.07 Å². The number of hydrogen-bond acceptors (Lipinski definition) is 7. The molecule has 7 heteroatoms. The van der Waals surface area contributed by atoms with Gasteiger partial charge in [-0.1, -0.05) is 12.1 Å². The molecule has 146 valence electrons. The maximum atomic E-state index is 12.8. The molecule has 0 spiro atoms. The topological polar surface area (TPSA) is 93.2 Å². The van der Waals surface area contributed by atoms with Gasteiger partial charge in [-0.25, -0.2) is 14.6 Å². The summed E-state index contributed by atoms with van der Waals surface area (Å²) in [6.45, 7) is 1.81. The number of carbonyl (C=O) groups excluding carboxylic acids is 1. The lowest BCUT2D eigenvalue weighted by Gasteiger charge is -2.11. The Kier molecular flexibility index (Phi) is 5.12. The lowest BCUT2D eigenvalue weighted by molar-refractivity contribution is 0.0472. The minimum atomic E-state index is -0.602. The standard InChI is InChI=1S/C22H18N2O4S/c1-12-3-6-15-14(8-20(25)28-19(15)7-12)11-27-22(26)16-9-18(13-4-5-13)24-21(29-2)17(16)10-23/h3,6-9,13H,4-5,11H2,1-2H3. The highest BCUT2D eigenvalue weighted by atomic mass is 32.2. The van der Waals surface area contributed by atoms with Crippen molar-refractivity contribution in [3.63, 3.8) is 0 Å². The number of thioether (sulfide) groups is 1. The summed E-state index contributed by atoms with van der Waals surface area (Å²) in [5, 5.41) is 10.8. The van der Waals surface area contributed by atoms with Crippen molar-refractivity contribution in [3.05, 3.63) is 68.7 Å². The number of rotatable bonds is 5. The zero-order chi connectivity index (χ0) is 20.5. The quantitative estimate of drug-likeness (QED) is 0.354. The van der Waals surface area contributed by atoms with Crippen molar-refractivity contribution < 1.29 is 13.9 Å². The Morgan fingerprint density at radius 3 is 2.83 bits per heavy atom. The van der Waals surface area contributed by atoms with Crippen LogP contribution in [0, 0.1) is 18.3 Å². The largest absolute Gasteiger partial charge is 0.457 e. The highest BCUT2D eigenvalue weighted by molar-refractivity contribution is 7.98. The van der Waals surface area contributed by atoms with Gasteiger partial charge in [0.1, 0.15) is 23.3 Å². The molecule has 1 aromatic carbocycles. The first kappa shape index (κ1) is 19.2.